The van der Waals surface area contributed by atoms with Crippen molar-refractivity contribution in [2.45, 2.75) is 32.9 Å². The molecule has 1 saturated heterocycles. The van der Waals surface area contributed by atoms with E-state index in [1.54, 1.807) is 0 Å². The van der Waals surface area contributed by atoms with E-state index in [0.717, 1.165) is 25.9 Å². The van der Waals surface area contributed by atoms with Gasteiger partial charge in [-0.15, -0.1) is 0 Å². The quantitative estimate of drug-likeness (QED) is 0.814. The molecule has 1 aromatic rings. The van der Waals surface area contributed by atoms with Gasteiger partial charge in [-0.2, -0.15) is 0 Å². The predicted molar refractivity (Wildman–Crippen MR) is 86.2 cm³/mol. The number of unbranched alkanes of at least 4 members (excludes halogenated alkanes) is 1. The van der Waals surface area contributed by atoms with Crippen LogP contribution in [0.1, 0.15) is 35.7 Å². The van der Waals surface area contributed by atoms with Gasteiger partial charge in [0.25, 0.3) is 0 Å². The summed E-state index contributed by atoms with van der Waals surface area (Å²) in [6, 6.07) is 6.45. The van der Waals surface area contributed by atoms with E-state index in [4.69, 9.17) is 0 Å². The van der Waals surface area contributed by atoms with Gasteiger partial charge in [-0.25, -0.2) is 0 Å². The van der Waals surface area contributed by atoms with Gasteiger partial charge in [0.2, 0.25) is 5.91 Å². The molecule has 0 aromatic heterocycles. The number of hydrogen-bond donors (Lipinski definition) is 1. The van der Waals surface area contributed by atoms with Crippen LogP contribution < -0.4 is 5.32 Å². The van der Waals surface area contributed by atoms with Crippen LogP contribution in [0.15, 0.2) is 18.2 Å². The molecule has 1 aliphatic heterocycles. The van der Waals surface area contributed by atoms with E-state index in [0.29, 0.717) is 6.54 Å². The standard InChI is InChI=1S/C17H27N3O/c1-13-7-8-14(2)15(11-13)17-18-12-16(21)20(17)10-6-5-9-19(3)4/h7-8,11,17-18H,5-6,9-10,12H2,1-4H3. The highest BCUT2D eigenvalue weighted by Crippen LogP contribution is 2.26. The Hall–Kier alpha value is -1.39. The van der Waals surface area contributed by atoms with Crippen LogP contribution in [0.3, 0.4) is 0 Å². The third-order valence-electron chi connectivity index (χ3n) is 4.06. The fourth-order valence-electron chi connectivity index (χ4n) is 2.84. The second-order valence-electron chi connectivity index (χ2n) is 6.24. The second-order valence-corrected chi connectivity index (χ2v) is 6.24. The minimum absolute atomic E-state index is 0.0387. The van der Waals surface area contributed by atoms with Crippen molar-refractivity contribution in [3.63, 3.8) is 0 Å². The zero-order valence-corrected chi connectivity index (χ0v) is 13.6. The fourth-order valence-corrected chi connectivity index (χ4v) is 2.84. The third-order valence-corrected chi connectivity index (χ3v) is 4.06. The minimum Gasteiger partial charge on any atom is -0.322 e. The van der Waals surface area contributed by atoms with Gasteiger partial charge in [0, 0.05) is 6.54 Å². The Morgan fingerprint density at radius 1 is 1.29 bits per heavy atom. The summed E-state index contributed by atoms with van der Waals surface area (Å²) in [5, 5.41) is 3.36. The number of carbonyl (C=O) groups excluding carboxylic acids is 1. The van der Waals surface area contributed by atoms with Crippen LogP contribution in [-0.2, 0) is 4.79 Å². The Labute approximate surface area is 128 Å². The molecular weight excluding hydrogens is 262 g/mol. The molecule has 1 amide bonds. The Balaban J connectivity index is 2.04. The largest absolute Gasteiger partial charge is 0.322 e. The van der Waals surface area contributed by atoms with Crippen molar-refractivity contribution in [2.24, 2.45) is 0 Å². The Kier molecular flexibility index (Phi) is 5.37. The summed E-state index contributed by atoms with van der Waals surface area (Å²) >= 11 is 0. The van der Waals surface area contributed by atoms with Gasteiger partial charge in [-0.05, 0) is 58.5 Å². The maximum Gasteiger partial charge on any atom is 0.238 e. The summed E-state index contributed by atoms with van der Waals surface area (Å²) in [5.41, 5.74) is 3.71. The average molecular weight is 289 g/mol. The van der Waals surface area contributed by atoms with Crippen LogP contribution in [0, 0.1) is 13.8 Å². The summed E-state index contributed by atoms with van der Waals surface area (Å²) < 4.78 is 0. The monoisotopic (exact) mass is 289 g/mol. The lowest BCUT2D eigenvalue weighted by Gasteiger charge is -2.26. The molecule has 1 unspecified atom stereocenters. The van der Waals surface area contributed by atoms with Crippen molar-refractivity contribution in [3.8, 4) is 0 Å². The predicted octanol–water partition coefficient (Wildman–Crippen LogP) is 2.08. The molecule has 0 aliphatic carbocycles. The number of nitrogens with zero attached hydrogens (tertiary/aromatic N) is 2. The molecule has 0 spiro atoms. The summed E-state index contributed by atoms with van der Waals surface area (Å²) in [6.45, 7) is 6.57. The van der Waals surface area contributed by atoms with Crippen LogP contribution in [0.25, 0.3) is 0 Å². The van der Waals surface area contributed by atoms with Gasteiger partial charge in [-0.3, -0.25) is 10.1 Å². The Morgan fingerprint density at radius 3 is 2.76 bits per heavy atom. The Morgan fingerprint density at radius 2 is 2.05 bits per heavy atom. The topological polar surface area (TPSA) is 35.6 Å². The number of nitrogens with one attached hydrogen (secondary N) is 1. The average Bonchev–Trinajstić information content (AvgIpc) is 2.79. The number of rotatable bonds is 6. The first-order chi connectivity index (χ1) is 9.99. The molecule has 0 radical (unpaired) electrons. The van der Waals surface area contributed by atoms with Crippen molar-refractivity contribution in [1.82, 2.24) is 15.1 Å². The molecule has 0 bridgehead atoms. The zero-order valence-electron chi connectivity index (χ0n) is 13.6. The van der Waals surface area contributed by atoms with Crippen molar-refractivity contribution in [3.05, 3.63) is 34.9 Å². The van der Waals surface area contributed by atoms with E-state index in [1.165, 1.54) is 16.7 Å². The first-order valence-electron chi connectivity index (χ1n) is 7.74. The molecule has 21 heavy (non-hydrogen) atoms. The SMILES string of the molecule is Cc1ccc(C)c(C2NCC(=O)N2CCCCN(C)C)c1. The zero-order chi connectivity index (χ0) is 15.4. The van der Waals surface area contributed by atoms with Crippen LogP contribution in [0.5, 0.6) is 0 Å². The van der Waals surface area contributed by atoms with Gasteiger partial charge in [0.15, 0.2) is 0 Å². The highest BCUT2D eigenvalue weighted by Gasteiger charge is 2.31. The molecule has 1 atom stereocenters. The van der Waals surface area contributed by atoms with E-state index in [1.807, 2.05) is 4.90 Å². The molecular formula is C17H27N3O. The van der Waals surface area contributed by atoms with Gasteiger partial charge >= 0.3 is 0 Å². The molecule has 1 N–H and O–H groups in total. The highest BCUT2D eigenvalue weighted by molar-refractivity contribution is 5.81. The number of hydrogen-bond acceptors (Lipinski definition) is 3. The number of aryl methyl sites for hydroxylation is 2. The number of amides is 1. The van der Waals surface area contributed by atoms with Crippen molar-refractivity contribution >= 4 is 5.91 Å². The molecule has 4 nitrogen and oxygen atoms in total. The first-order valence-corrected chi connectivity index (χ1v) is 7.74. The molecule has 1 fully saturated rings. The lowest BCUT2D eigenvalue weighted by atomic mass is 10.0. The fraction of sp³-hybridized carbons (Fsp3) is 0.588. The highest BCUT2D eigenvalue weighted by atomic mass is 16.2. The molecule has 4 heteroatoms. The maximum absolute atomic E-state index is 12.1. The number of carbonyl (C=O) groups is 1. The maximum atomic E-state index is 12.1. The van der Waals surface area contributed by atoms with E-state index in [2.05, 4.69) is 56.4 Å². The van der Waals surface area contributed by atoms with Crippen molar-refractivity contribution < 1.29 is 4.79 Å². The molecule has 1 aliphatic rings. The van der Waals surface area contributed by atoms with E-state index >= 15 is 0 Å². The van der Waals surface area contributed by atoms with E-state index in [9.17, 15) is 4.79 Å². The molecule has 1 aromatic carbocycles. The molecule has 2 rings (SSSR count). The van der Waals surface area contributed by atoms with E-state index < -0.39 is 0 Å². The normalized spacial score (nSPS) is 18.8. The minimum atomic E-state index is 0.0387. The van der Waals surface area contributed by atoms with Crippen LogP contribution in [0.4, 0.5) is 0 Å². The smallest absolute Gasteiger partial charge is 0.238 e. The summed E-state index contributed by atoms with van der Waals surface area (Å²) in [5.74, 6) is 0.214. The molecule has 116 valence electrons. The van der Waals surface area contributed by atoms with Crippen LogP contribution in [-0.4, -0.2) is 49.4 Å². The Bertz CT molecular complexity index is 499. The third kappa shape index (κ3) is 4.05. The van der Waals surface area contributed by atoms with Gasteiger partial charge in [0.1, 0.15) is 6.17 Å². The molecule has 0 saturated carbocycles. The summed E-state index contributed by atoms with van der Waals surface area (Å²) in [6.07, 6.45) is 2.21. The first kappa shape index (κ1) is 16.0. The lowest BCUT2D eigenvalue weighted by molar-refractivity contribution is -0.128. The molecule has 1 heterocycles. The van der Waals surface area contributed by atoms with E-state index in [-0.39, 0.29) is 12.1 Å². The van der Waals surface area contributed by atoms with Crippen LogP contribution in [0.2, 0.25) is 0 Å². The summed E-state index contributed by atoms with van der Waals surface area (Å²) in [4.78, 5) is 16.3. The van der Waals surface area contributed by atoms with Gasteiger partial charge in [-0.1, -0.05) is 23.8 Å². The van der Waals surface area contributed by atoms with Crippen molar-refractivity contribution in [1.29, 1.82) is 0 Å². The number of benzene rings is 1. The van der Waals surface area contributed by atoms with Gasteiger partial charge in [0.05, 0.1) is 6.54 Å². The van der Waals surface area contributed by atoms with Crippen LogP contribution >= 0.6 is 0 Å². The summed E-state index contributed by atoms with van der Waals surface area (Å²) in [7, 11) is 4.17. The second kappa shape index (κ2) is 7.05. The lowest BCUT2D eigenvalue weighted by Crippen LogP contribution is -2.32. The van der Waals surface area contributed by atoms with Crippen molar-refractivity contribution in [2.75, 3.05) is 33.7 Å². The van der Waals surface area contributed by atoms with Gasteiger partial charge < -0.3 is 9.80 Å².